The molecule has 4 nitrogen and oxygen atoms in total. The van der Waals surface area contributed by atoms with E-state index >= 15 is 0 Å². The Bertz CT molecular complexity index is 485. The second-order valence-corrected chi connectivity index (χ2v) is 4.14. The van der Waals surface area contributed by atoms with Crippen molar-refractivity contribution in [2.75, 3.05) is 5.73 Å². The van der Waals surface area contributed by atoms with Gasteiger partial charge in [0.1, 0.15) is 5.82 Å². The molecular weight excluding hydrogens is 200 g/mol. The lowest BCUT2D eigenvalue weighted by molar-refractivity contribution is 0.719. The van der Waals surface area contributed by atoms with Crippen LogP contribution in [0.5, 0.6) is 0 Å². The molecule has 0 aliphatic heterocycles. The molecule has 16 heavy (non-hydrogen) atoms. The van der Waals surface area contributed by atoms with Crippen LogP contribution in [0.25, 0.3) is 11.3 Å². The number of anilines is 1. The van der Waals surface area contributed by atoms with Gasteiger partial charge in [0, 0.05) is 13.2 Å². The number of pyridine rings is 1. The summed E-state index contributed by atoms with van der Waals surface area (Å²) in [6.07, 6.45) is 1.77. The normalized spacial score (nSPS) is 11.0. The zero-order valence-electron chi connectivity index (χ0n) is 9.81. The van der Waals surface area contributed by atoms with Crippen LogP contribution in [-0.2, 0) is 7.05 Å². The molecule has 0 spiro atoms. The van der Waals surface area contributed by atoms with Crippen LogP contribution in [0.15, 0.2) is 24.4 Å². The first-order valence-corrected chi connectivity index (χ1v) is 5.35. The van der Waals surface area contributed by atoms with E-state index in [2.05, 4.69) is 23.9 Å². The largest absolute Gasteiger partial charge is 0.383 e. The molecule has 2 aromatic rings. The van der Waals surface area contributed by atoms with Crippen molar-refractivity contribution in [1.29, 1.82) is 0 Å². The van der Waals surface area contributed by atoms with E-state index in [1.54, 1.807) is 10.9 Å². The van der Waals surface area contributed by atoms with Crippen LogP contribution in [0.3, 0.4) is 0 Å². The number of hydrogen-bond acceptors (Lipinski definition) is 3. The van der Waals surface area contributed by atoms with Crippen molar-refractivity contribution in [1.82, 2.24) is 14.8 Å². The minimum absolute atomic E-state index is 0.334. The van der Waals surface area contributed by atoms with Gasteiger partial charge in [0.15, 0.2) is 0 Å². The number of nitrogen functional groups attached to an aromatic ring is 1. The summed E-state index contributed by atoms with van der Waals surface area (Å²) in [5.41, 5.74) is 8.87. The van der Waals surface area contributed by atoms with Gasteiger partial charge in [0.05, 0.1) is 17.0 Å². The Morgan fingerprint density at radius 2 is 2.06 bits per heavy atom. The van der Waals surface area contributed by atoms with Crippen LogP contribution in [0.4, 0.5) is 5.82 Å². The van der Waals surface area contributed by atoms with Crippen molar-refractivity contribution >= 4 is 5.82 Å². The maximum absolute atomic E-state index is 6.03. The number of nitrogens with two attached hydrogens (primary N) is 1. The number of nitrogens with zero attached hydrogens (tertiary/aromatic N) is 3. The molecule has 0 saturated carbocycles. The molecule has 2 rings (SSSR count). The predicted molar refractivity (Wildman–Crippen MR) is 64.9 cm³/mol. The average Bonchev–Trinajstić information content (AvgIpc) is 2.57. The van der Waals surface area contributed by atoms with Crippen LogP contribution >= 0.6 is 0 Å². The maximum Gasteiger partial charge on any atom is 0.131 e. The van der Waals surface area contributed by atoms with E-state index in [-0.39, 0.29) is 0 Å². The number of hydrogen-bond donors (Lipinski definition) is 1. The summed E-state index contributed by atoms with van der Waals surface area (Å²) in [5, 5.41) is 4.44. The lowest BCUT2D eigenvalue weighted by Crippen LogP contribution is -1.98. The quantitative estimate of drug-likeness (QED) is 0.837. The third kappa shape index (κ3) is 1.66. The minimum atomic E-state index is 0.334. The lowest BCUT2D eigenvalue weighted by atomic mass is 10.0. The topological polar surface area (TPSA) is 56.7 Å². The van der Waals surface area contributed by atoms with E-state index in [1.807, 2.05) is 25.2 Å². The van der Waals surface area contributed by atoms with Gasteiger partial charge < -0.3 is 5.73 Å². The fourth-order valence-corrected chi connectivity index (χ4v) is 1.74. The van der Waals surface area contributed by atoms with E-state index in [0.717, 1.165) is 17.0 Å². The van der Waals surface area contributed by atoms with Gasteiger partial charge in [-0.2, -0.15) is 5.10 Å². The number of aromatic nitrogens is 3. The van der Waals surface area contributed by atoms with Crippen molar-refractivity contribution in [3.63, 3.8) is 0 Å². The van der Waals surface area contributed by atoms with Crippen molar-refractivity contribution in [2.45, 2.75) is 19.8 Å². The van der Waals surface area contributed by atoms with Crippen molar-refractivity contribution < 1.29 is 0 Å². The van der Waals surface area contributed by atoms with Gasteiger partial charge in [-0.05, 0) is 18.1 Å². The molecule has 2 heterocycles. The Labute approximate surface area is 95.1 Å². The first-order valence-electron chi connectivity index (χ1n) is 5.35. The molecule has 2 N–H and O–H groups in total. The first kappa shape index (κ1) is 10.7. The first-order chi connectivity index (χ1) is 7.61. The SMILES string of the molecule is CC(C)c1nn(C)c(N)c1-c1ccccn1. The Hall–Kier alpha value is -1.84. The lowest BCUT2D eigenvalue weighted by Gasteiger charge is -2.05. The molecule has 2 aromatic heterocycles. The standard InChI is InChI=1S/C12H16N4/c1-8(2)11-10(12(13)16(3)15-11)9-6-4-5-7-14-9/h4-8H,13H2,1-3H3. The molecule has 0 atom stereocenters. The highest BCUT2D eigenvalue weighted by molar-refractivity contribution is 5.74. The molecule has 0 fully saturated rings. The molecule has 0 aliphatic carbocycles. The summed E-state index contributed by atoms with van der Waals surface area (Å²) in [4.78, 5) is 4.33. The Morgan fingerprint density at radius 1 is 1.31 bits per heavy atom. The minimum Gasteiger partial charge on any atom is -0.383 e. The highest BCUT2D eigenvalue weighted by Gasteiger charge is 2.18. The summed E-state index contributed by atoms with van der Waals surface area (Å²) in [6, 6.07) is 5.81. The average molecular weight is 216 g/mol. The van der Waals surface area contributed by atoms with Crippen molar-refractivity contribution in [3.8, 4) is 11.3 Å². The van der Waals surface area contributed by atoms with E-state index < -0.39 is 0 Å². The van der Waals surface area contributed by atoms with Crippen molar-refractivity contribution in [3.05, 3.63) is 30.1 Å². The molecule has 0 aromatic carbocycles. The van der Waals surface area contributed by atoms with Crippen LogP contribution in [0.1, 0.15) is 25.5 Å². The summed E-state index contributed by atoms with van der Waals surface area (Å²) in [6.45, 7) is 4.21. The molecule has 84 valence electrons. The van der Waals surface area contributed by atoms with Gasteiger partial charge in [0.25, 0.3) is 0 Å². The molecule has 0 aliphatic rings. The van der Waals surface area contributed by atoms with Gasteiger partial charge in [0.2, 0.25) is 0 Å². The third-order valence-corrected chi connectivity index (χ3v) is 2.59. The van der Waals surface area contributed by atoms with Gasteiger partial charge >= 0.3 is 0 Å². The fraction of sp³-hybridized carbons (Fsp3) is 0.333. The molecule has 0 amide bonds. The number of aryl methyl sites for hydroxylation is 1. The Balaban J connectivity index is 2.64. The van der Waals surface area contributed by atoms with Crippen LogP contribution < -0.4 is 5.73 Å². The Morgan fingerprint density at radius 3 is 2.62 bits per heavy atom. The molecule has 0 saturated heterocycles. The summed E-state index contributed by atoms with van der Waals surface area (Å²) < 4.78 is 1.71. The van der Waals surface area contributed by atoms with Gasteiger partial charge in [-0.15, -0.1) is 0 Å². The molecular formula is C12H16N4. The van der Waals surface area contributed by atoms with Gasteiger partial charge in [-0.1, -0.05) is 19.9 Å². The van der Waals surface area contributed by atoms with E-state index in [4.69, 9.17) is 5.73 Å². The van der Waals surface area contributed by atoms with Crippen LogP contribution in [0, 0.1) is 0 Å². The van der Waals surface area contributed by atoms with E-state index in [0.29, 0.717) is 11.7 Å². The van der Waals surface area contributed by atoms with E-state index in [1.165, 1.54) is 0 Å². The predicted octanol–water partition coefficient (Wildman–Crippen LogP) is 2.19. The van der Waals surface area contributed by atoms with E-state index in [9.17, 15) is 0 Å². The molecule has 0 radical (unpaired) electrons. The van der Waals surface area contributed by atoms with Crippen molar-refractivity contribution in [2.24, 2.45) is 7.05 Å². The monoisotopic (exact) mass is 216 g/mol. The van der Waals surface area contributed by atoms with Gasteiger partial charge in [-0.3, -0.25) is 9.67 Å². The molecule has 0 unspecified atom stereocenters. The summed E-state index contributed by atoms with van der Waals surface area (Å²) in [5.74, 6) is 1.00. The Kier molecular flexibility index (Phi) is 2.64. The second kappa shape index (κ2) is 3.96. The molecule has 4 heteroatoms. The second-order valence-electron chi connectivity index (χ2n) is 4.14. The summed E-state index contributed by atoms with van der Waals surface area (Å²) in [7, 11) is 1.85. The number of rotatable bonds is 2. The smallest absolute Gasteiger partial charge is 0.131 e. The zero-order chi connectivity index (χ0) is 11.7. The third-order valence-electron chi connectivity index (χ3n) is 2.59. The van der Waals surface area contributed by atoms with Gasteiger partial charge in [-0.25, -0.2) is 0 Å². The van der Waals surface area contributed by atoms with Crippen LogP contribution in [0.2, 0.25) is 0 Å². The molecule has 0 bridgehead atoms. The summed E-state index contributed by atoms with van der Waals surface area (Å²) >= 11 is 0. The maximum atomic E-state index is 6.03. The highest BCUT2D eigenvalue weighted by Crippen LogP contribution is 2.31. The zero-order valence-corrected chi connectivity index (χ0v) is 9.81. The fourth-order valence-electron chi connectivity index (χ4n) is 1.74. The van der Waals surface area contributed by atoms with Crippen LogP contribution in [-0.4, -0.2) is 14.8 Å². The highest BCUT2D eigenvalue weighted by atomic mass is 15.3.